The number of rotatable bonds is 7. The first kappa shape index (κ1) is 14.7. The van der Waals surface area contributed by atoms with Crippen LogP contribution in [0.4, 0.5) is 0 Å². The van der Waals surface area contributed by atoms with E-state index in [0.717, 1.165) is 41.6 Å². The lowest BCUT2D eigenvalue weighted by Crippen LogP contribution is -2.19. The average Bonchev–Trinajstić information content (AvgIpc) is 3.23. The van der Waals surface area contributed by atoms with Crippen LogP contribution in [0.1, 0.15) is 5.69 Å². The second kappa shape index (κ2) is 7.20. The molecule has 0 saturated heterocycles. The highest BCUT2D eigenvalue weighted by molar-refractivity contribution is 7.13. The Morgan fingerprint density at radius 1 is 1.27 bits per heavy atom. The molecule has 114 valence electrons. The Balaban J connectivity index is 1.52. The maximum Gasteiger partial charge on any atom is 0.123 e. The van der Waals surface area contributed by atoms with Gasteiger partial charge in [-0.25, -0.2) is 4.98 Å². The molecule has 0 atom stereocenters. The van der Waals surface area contributed by atoms with Gasteiger partial charge in [0.2, 0.25) is 0 Å². The molecule has 0 radical (unpaired) electrons. The number of benzene rings is 1. The van der Waals surface area contributed by atoms with Gasteiger partial charge < -0.3 is 10.1 Å². The third kappa shape index (κ3) is 3.72. The second-order valence-corrected chi connectivity index (χ2v) is 5.68. The van der Waals surface area contributed by atoms with E-state index >= 15 is 0 Å². The standard InChI is InChI=1S/C16H18N4OS/c1-21-15-5-3-13(4-6-15)16-19-14(12-22-16)11-17-8-10-20-9-2-7-18-20/h2-7,9,12,17H,8,10-11H2,1H3. The summed E-state index contributed by atoms with van der Waals surface area (Å²) in [6, 6.07) is 9.91. The van der Waals surface area contributed by atoms with Crippen molar-refractivity contribution in [3.05, 3.63) is 53.8 Å². The van der Waals surface area contributed by atoms with Crippen molar-refractivity contribution in [3.8, 4) is 16.3 Å². The average molecular weight is 314 g/mol. The molecule has 6 heteroatoms. The van der Waals surface area contributed by atoms with Crippen LogP contribution in [0.5, 0.6) is 5.75 Å². The quantitative estimate of drug-likeness (QED) is 0.681. The number of nitrogens with zero attached hydrogens (tertiary/aromatic N) is 3. The molecule has 22 heavy (non-hydrogen) atoms. The van der Waals surface area contributed by atoms with Gasteiger partial charge in [-0.3, -0.25) is 4.68 Å². The summed E-state index contributed by atoms with van der Waals surface area (Å²) < 4.78 is 7.09. The predicted molar refractivity (Wildman–Crippen MR) is 88.0 cm³/mol. The maximum absolute atomic E-state index is 5.17. The molecule has 0 fully saturated rings. The Bertz CT molecular complexity index is 691. The molecule has 0 saturated carbocycles. The van der Waals surface area contributed by atoms with Gasteiger partial charge >= 0.3 is 0 Å². The summed E-state index contributed by atoms with van der Waals surface area (Å²) in [7, 11) is 1.67. The van der Waals surface area contributed by atoms with Crippen LogP contribution in [0.2, 0.25) is 0 Å². The van der Waals surface area contributed by atoms with Crippen LogP contribution in [-0.4, -0.2) is 28.4 Å². The molecule has 2 heterocycles. The molecule has 2 aromatic heterocycles. The van der Waals surface area contributed by atoms with E-state index in [4.69, 9.17) is 4.74 Å². The fourth-order valence-electron chi connectivity index (χ4n) is 2.10. The van der Waals surface area contributed by atoms with E-state index in [0.29, 0.717) is 0 Å². The van der Waals surface area contributed by atoms with Crippen molar-refractivity contribution in [1.29, 1.82) is 0 Å². The lowest BCUT2D eigenvalue weighted by molar-refractivity contribution is 0.415. The summed E-state index contributed by atoms with van der Waals surface area (Å²) in [6.45, 7) is 2.51. The molecule has 0 aliphatic carbocycles. The molecule has 1 N–H and O–H groups in total. The molecule has 1 aromatic carbocycles. The fraction of sp³-hybridized carbons (Fsp3) is 0.250. The van der Waals surface area contributed by atoms with Gasteiger partial charge in [0.1, 0.15) is 10.8 Å². The first-order valence-electron chi connectivity index (χ1n) is 7.12. The Kier molecular flexibility index (Phi) is 4.82. The van der Waals surface area contributed by atoms with E-state index in [1.54, 1.807) is 24.6 Å². The molecule has 0 amide bonds. The van der Waals surface area contributed by atoms with E-state index < -0.39 is 0 Å². The third-order valence-corrected chi connectivity index (χ3v) is 4.21. The van der Waals surface area contributed by atoms with Crippen LogP contribution in [0.25, 0.3) is 10.6 Å². The second-order valence-electron chi connectivity index (χ2n) is 4.82. The monoisotopic (exact) mass is 314 g/mol. The number of nitrogens with one attached hydrogen (secondary N) is 1. The molecule has 0 unspecified atom stereocenters. The zero-order valence-electron chi connectivity index (χ0n) is 12.4. The fourth-order valence-corrected chi connectivity index (χ4v) is 2.92. The van der Waals surface area contributed by atoms with Gasteiger partial charge in [-0.05, 0) is 30.3 Å². The van der Waals surface area contributed by atoms with Crippen molar-refractivity contribution in [2.24, 2.45) is 0 Å². The van der Waals surface area contributed by atoms with Gasteiger partial charge in [-0.2, -0.15) is 5.10 Å². The van der Waals surface area contributed by atoms with Gasteiger partial charge in [0, 0.05) is 36.4 Å². The predicted octanol–water partition coefficient (Wildman–Crippen LogP) is 2.81. The Morgan fingerprint density at radius 2 is 2.14 bits per heavy atom. The van der Waals surface area contributed by atoms with E-state index in [-0.39, 0.29) is 0 Å². The van der Waals surface area contributed by atoms with E-state index in [9.17, 15) is 0 Å². The smallest absolute Gasteiger partial charge is 0.123 e. The van der Waals surface area contributed by atoms with Crippen molar-refractivity contribution in [2.45, 2.75) is 13.1 Å². The molecule has 0 bridgehead atoms. The summed E-state index contributed by atoms with van der Waals surface area (Å²) in [5.41, 5.74) is 2.19. The minimum atomic E-state index is 0.772. The van der Waals surface area contributed by atoms with Gasteiger partial charge in [0.15, 0.2) is 0 Å². The Labute approximate surface area is 133 Å². The SMILES string of the molecule is COc1ccc(-c2nc(CNCCn3cccn3)cs2)cc1. The minimum Gasteiger partial charge on any atom is -0.497 e. The maximum atomic E-state index is 5.17. The van der Waals surface area contributed by atoms with E-state index in [1.807, 2.05) is 41.2 Å². The summed E-state index contributed by atoms with van der Waals surface area (Å²) in [4.78, 5) is 4.66. The highest BCUT2D eigenvalue weighted by Gasteiger charge is 2.05. The van der Waals surface area contributed by atoms with E-state index in [2.05, 4.69) is 20.8 Å². The first-order chi connectivity index (χ1) is 10.8. The largest absolute Gasteiger partial charge is 0.497 e. The summed E-state index contributed by atoms with van der Waals surface area (Å²) in [5.74, 6) is 0.862. The first-order valence-corrected chi connectivity index (χ1v) is 8.00. The Morgan fingerprint density at radius 3 is 2.86 bits per heavy atom. The lowest BCUT2D eigenvalue weighted by Gasteiger charge is -2.03. The van der Waals surface area contributed by atoms with Crippen molar-refractivity contribution < 1.29 is 4.74 Å². The normalized spacial score (nSPS) is 10.8. The van der Waals surface area contributed by atoms with Crippen molar-refractivity contribution in [3.63, 3.8) is 0 Å². The van der Waals surface area contributed by atoms with Gasteiger partial charge in [0.25, 0.3) is 0 Å². The number of ether oxygens (including phenoxy) is 1. The Hall–Kier alpha value is -2.18. The summed E-state index contributed by atoms with van der Waals surface area (Å²) >= 11 is 1.66. The number of aromatic nitrogens is 3. The van der Waals surface area contributed by atoms with Crippen LogP contribution in [0, 0.1) is 0 Å². The van der Waals surface area contributed by atoms with Gasteiger partial charge in [-0.1, -0.05) is 0 Å². The van der Waals surface area contributed by atoms with Crippen molar-refractivity contribution >= 4 is 11.3 Å². The highest BCUT2D eigenvalue weighted by atomic mass is 32.1. The van der Waals surface area contributed by atoms with Crippen LogP contribution in [0.3, 0.4) is 0 Å². The number of thiazole rings is 1. The molecular formula is C16H18N4OS. The molecule has 3 aromatic rings. The van der Waals surface area contributed by atoms with Crippen LogP contribution >= 0.6 is 11.3 Å². The molecule has 0 aliphatic heterocycles. The molecule has 3 rings (SSSR count). The lowest BCUT2D eigenvalue weighted by atomic mass is 10.2. The molecule has 0 spiro atoms. The number of methoxy groups -OCH3 is 1. The van der Waals surface area contributed by atoms with Gasteiger partial charge in [-0.15, -0.1) is 11.3 Å². The number of hydrogen-bond acceptors (Lipinski definition) is 5. The topological polar surface area (TPSA) is 52.0 Å². The van der Waals surface area contributed by atoms with Crippen LogP contribution in [-0.2, 0) is 13.1 Å². The van der Waals surface area contributed by atoms with Crippen LogP contribution < -0.4 is 10.1 Å². The van der Waals surface area contributed by atoms with Crippen molar-refractivity contribution in [1.82, 2.24) is 20.1 Å². The zero-order chi connectivity index (χ0) is 15.2. The summed E-state index contributed by atoms with van der Waals surface area (Å²) in [6.07, 6.45) is 3.76. The molecular weight excluding hydrogens is 296 g/mol. The molecule has 0 aliphatic rings. The highest BCUT2D eigenvalue weighted by Crippen LogP contribution is 2.25. The summed E-state index contributed by atoms with van der Waals surface area (Å²) in [5, 5.41) is 10.7. The molecule has 5 nitrogen and oxygen atoms in total. The van der Waals surface area contributed by atoms with Crippen LogP contribution in [0.15, 0.2) is 48.1 Å². The minimum absolute atomic E-state index is 0.772. The number of hydrogen-bond donors (Lipinski definition) is 1. The zero-order valence-corrected chi connectivity index (χ0v) is 13.2. The van der Waals surface area contributed by atoms with E-state index in [1.165, 1.54) is 0 Å². The third-order valence-electron chi connectivity index (χ3n) is 3.27. The van der Waals surface area contributed by atoms with Gasteiger partial charge in [0.05, 0.1) is 19.3 Å². The van der Waals surface area contributed by atoms with Crippen molar-refractivity contribution in [2.75, 3.05) is 13.7 Å².